The Morgan fingerprint density at radius 2 is 1.36 bits per heavy atom. The van der Waals surface area contributed by atoms with Gasteiger partial charge in [-0.25, -0.2) is 8.78 Å². The third-order valence-electron chi connectivity index (χ3n) is 2.88. The fraction of sp³-hybridized carbons (Fsp3) is 0.143. The van der Waals surface area contributed by atoms with E-state index in [0.29, 0.717) is 24.3 Å². The van der Waals surface area contributed by atoms with Gasteiger partial charge in [0.05, 0.1) is 5.56 Å². The van der Waals surface area contributed by atoms with Gasteiger partial charge in [-0.3, -0.25) is 0 Å². The summed E-state index contributed by atoms with van der Waals surface area (Å²) in [5, 5.41) is 0. The number of hydrogen-bond acceptors (Lipinski definition) is 0. The molecule has 0 N–H and O–H groups in total. The van der Waals surface area contributed by atoms with E-state index >= 15 is 0 Å². The molecule has 118 valence electrons. The molecule has 2 aromatic rings. The lowest BCUT2D eigenvalue weighted by Crippen LogP contribution is -2.12. The molecule has 0 amide bonds. The van der Waals surface area contributed by atoms with Crippen LogP contribution in [0.4, 0.5) is 35.1 Å². The minimum atomic E-state index is -5.30. The molecule has 2 aromatic carbocycles. The lowest BCUT2D eigenvalue weighted by molar-refractivity contribution is -0.142. The Kier molecular flexibility index (Phi) is 3.88. The Morgan fingerprint density at radius 3 is 1.91 bits per heavy atom. The first-order valence-electron chi connectivity index (χ1n) is 5.74. The summed E-state index contributed by atoms with van der Waals surface area (Å²) in [6.45, 7) is 0. The first-order chi connectivity index (χ1) is 10.0. The monoisotopic (exact) mass is 326 g/mol. The van der Waals surface area contributed by atoms with Crippen molar-refractivity contribution < 1.29 is 35.1 Å². The summed E-state index contributed by atoms with van der Waals surface area (Å²) >= 11 is 0. The van der Waals surface area contributed by atoms with Gasteiger partial charge in [-0.1, -0.05) is 12.1 Å². The first kappa shape index (κ1) is 16.3. The van der Waals surface area contributed by atoms with Gasteiger partial charge in [-0.05, 0) is 29.8 Å². The van der Waals surface area contributed by atoms with Crippen molar-refractivity contribution in [3.8, 4) is 11.1 Å². The second-order valence-corrected chi connectivity index (χ2v) is 4.36. The minimum absolute atomic E-state index is 0.363. The van der Waals surface area contributed by atoms with Gasteiger partial charge in [0.25, 0.3) is 0 Å². The van der Waals surface area contributed by atoms with Crippen molar-refractivity contribution >= 4 is 0 Å². The van der Waals surface area contributed by atoms with Crippen molar-refractivity contribution in [2.75, 3.05) is 0 Å². The Labute approximate surface area is 119 Å². The van der Waals surface area contributed by atoms with Crippen LogP contribution < -0.4 is 0 Å². The highest BCUT2D eigenvalue weighted by Crippen LogP contribution is 2.38. The minimum Gasteiger partial charge on any atom is -0.206 e. The van der Waals surface area contributed by atoms with Crippen LogP contribution in [0.25, 0.3) is 11.1 Å². The molecule has 0 radical (unpaired) electrons. The number of hydrogen-bond donors (Lipinski definition) is 0. The molecular weight excluding hydrogens is 320 g/mol. The van der Waals surface area contributed by atoms with E-state index in [2.05, 4.69) is 0 Å². The van der Waals surface area contributed by atoms with Crippen LogP contribution >= 0.6 is 0 Å². The average molecular weight is 326 g/mol. The predicted molar refractivity (Wildman–Crippen MR) is 61.8 cm³/mol. The molecule has 0 aromatic heterocycles. The van der Waals surface area contributed by atoms with E-state index in [-0.39, 0.29) is 0 Å². The number of rotatable bonds is 1. The zero-order chi connectivity index (χ0) is 16.7. The van der Waals surface area contributed by atoms with Gasteiger partial charge in [0.2, 0.25) is 0 Å². The van der Waals surface area contributed by atoms with Gasteiger partial charge < -0.3 is 0 Å². The molecule has 0 fully saturated rings. The van der Waals surface area contributed by atoms with Crippen LogP contribution in [0.2, 0.25) is 0 Å². The molecule has 0 saturated carbocycles. The van der Waals surface area contributed by atoms with Gasteiger partial charge in [-0.15, -0.1) is 0 Å². The van der Waals surface area contributed by atoms with E-state index in [1.807, 2.05) is 0 Å². The van der Waals surface area contributed by atoms with E-state index in [1.165, 1.54) is 0 Å². The largest absolute Gasteiger partial charge is 0.422 e. The lowest BCUT2D eigenvalue weighted by atomic mass is 9.99. The highest BCUT2D eigenvalue weighted by molar-refractivity contribution is 5.66. The molecule has 0 saturated heterocycles. The molecule has 0 spiro atoms. The molecule has 0 bridgehead atoms. The third-order valence-corrected chi connectivity index (χ3v) is 2.88. The second kappa shape index (κ2) is 5.26. The maximum atomic E-state index is 13.9. The Morgan fingerprint density at radius 1 is 0.727 bits per heavy atom. The van der Waals surface area contributed by atoms with E-state index in [9.17, 15) is 35.1 Å². The summed E-state index contributed by atoms with van der Waals surface area (Å²) in [5.41, 5.74) is -4.48. The SMILES string of the molecule is Fc1ccc(-c2cccc(C(F)(F)F)c2)c(F)c1C(F)(F)F. The van der Waals surface area contributed by atoms with Gasteiger partial charge in [0, 0.05) is 5.56 Å². The van der Waals surface area contributed by atoms with Crippen molar-refractivity contribution in [2.45, 2.75) is 12.4 Å². The molecule has 8 heteroatoms. The molecule has 0 aliphatic heterocycles. The van der Waals surface area contributed by atoms with Gasteiger partial charge in [-0.2, -0.15) is 26.3 Å². The highest BCUT2D eigenvalue weighted by atomic mass is 19.4. The summed E-state index contributed by atoms with van der Waals surface area (Å²) in [4.78, 5) is 0. The Balaban J connectivity index is 2.65. The summed E-state index contributed by atoms with van der Waals surface area (Å²) < 4.78 is 103. The summed E-state index contributed by atoms with van der Waals surface area (Å²) in [7, 11) is 0. The molecule has 0 nitrogen and oxygen atoms in total. The van der Waals surface area contributed by atoms with Crippen molar-refractivity contribution in [2.24, 2.45) is 0 Å². The predicted octanol–water partition coefficient (Wildman–Crippen LogP) is 5.67. The van der Waals surface area contributed by atoms with Crippen LogP contribution in [0.1, 0.15) is 11.1 Å². The van der Waals surface area contributed by atoms with Gasteiger partial charge in [0.1, 0.15) is 17.2 Å². The normalized spacial score (nSPS) is 12.5. The van der Waals surface area contributed by atoms with Crippen LogP contribution in [0.3, 0.4) is 0 Å². The van der Waals surface area contributed by atoms with Gasteiger partial charge >= 0.3 is 12.4 Å². The van der Waals surface area contributed by atoms with Gasteiger partial charge in [0.15, 0.2) is 0 Å². The zero-order valence-corrected chi connectivity index (χ0v) is 10.5. The van der Waals surface area contributed by atoms with E-state index in [4.69, 9.17) is 0 Å². The second-order valence-electron chi connectivity index (χ2n) is 4.36. The molecule has 0 unspecified atom stereocenters. The van der Waals surface area contributed by atoms with E-state index in [1.54, 1.807) is 0 Å². The molecule has 0 atom stereocenters. The van der Waals surface area contributed by atoms with E-state index < -0.39 is 46.2 Å². The maximum absolute atomic E-state index is 13.9. The maximum Gasteiger partial charge on any atom is 0.422 e. The van der Waals surface area contributed by atoms with Crippen molar-refractivity contribution in [3.63, 3.8) is 0 Å². The zero-order valence-electron chi connectivity index (χ0n) is 10.5. The quantitative estimate of drug-likeness (QED) is 0.592. The first-order valence-corrected chi connectivity index (χ1v) is 5.74. The summed E-state index contributed by atoms with van der Waals surface area (Å²) in [5.74, 6) is -3.78. The smallest absolute Gasteiger partial charge is 0.206 e. The molecular formula is C14H6F8. The summed E-state index contributed by atoms with van der Waals surface area (Å²) in [6, 6.07) is 4.14. The van der Waals surface area contributed by atoms with Crippen molar-refractivity contribution in [1.82, 2.24) is 0 Å². The van der Waals surface area contributed by atoms with Crippen LogP contribution in [0, 0.1) is 11.6 Å². The van der Waals surface area contributed by atoms with Crippen LogP contribution in [0.5, 0.6) is 0 Å². The number of alkyl halides is 6. The fourth-order valence-corrected chi connectivity index (χ4v) is 1.90. The molecule has 2 rings (SSSR count). The van der Waals surface area contributed by atoms with E-state index in [0.717, 1.165) is 12.1 Å². The van der Waals surface area contributed by atoms with Crippen LogP contribution in [-0.4, -0.2) is 0 Å². The standard InChI is InChI=1S/C14H6F8/c15-10-5-4-9(12(16)11(10)14(20,21)22)7-2-1-3-8(6-7)13(17,18)19/h1-6H. The fourth-order valence-electron chi connectivity index (χ4n) is 1.90. The summed E-state index contributed by atoms with van der Waals surface area (Å²) in [6.07, 6.45) is -10.0. The average Bonchev–Trinajstić information content (AvgIpc) is 2.36. The van der Waals surface area contributed by atoms with Crippen molar-refractivity contribution in [1.29, 1.82) is 0 Å². The Bertz CT molecular complexity index is 697. The Hall–Kier alpha value is -2.12. The molecule has 0 heterocycles. The highest BCUT2D eigenvalue weighted by Gasteiger charge is 2.39. The number of benzene rings is 2. The van der Waals surface area contributed by atoms with Crippen molar-refractivity contribution in [3.05, 3.63) is 59.2 Å². The topological polar surface area (TPSA) is 0 Å². The molecule has 0 aliphatic rings. The lowest BCUT2D eigenvalue weighted by Gasteiger charge is -2.13. The third kappa shape index (κ3) is 3.05. The van der Waals surface area contributed by atoms with Crippen LogP contribution in [0.15, 0.2) is 36.4 Å². The number of halogens is 8. The molecule has 22 heavy (non-hydrogen) atoms. The molecule has 0 aliphatic carbocycles. The van der Waals surface area contributed by atoms with Crippen LogP contribution in [-0.2, 0) is 12.4 Å².